The molecule has 0 bridgehead atoms. The molecule has 3 radical (unpaired) electrons. The normalized spacial score (nSPS) is 11.3. The van der Waals surface area contributed by atoms with Crippen molar-refractivity contribution < 1.29 is 73.6 Å². The summed E-state index contributed by atoms with van der Waals surface area (Å²) in [7, 11) is -5.66. The number of aromatic nitrogens is 9. The second kappa shape index (κ2) is 47.1. The molecule has 0 spiro atoms. The van der Waals surface area contributed by atoms with Gasteiger partial charge in [-0.2, -0.15) is 0 Å². The summed E-state index contributed by atoms with van der Waals surface area (Å²) >= 11 is 0. The Morgan fingerprint density at radius 1 is 0.290 bits per heavy atom. The van der Waals surface area contributed by atoms with Crippen LogP contribution in [0.3, 0.4) is 0 Å². The molecule has 12 heterocycles. The Morgan fingerprint density at radius 2 is 0.674 bits per heavy atom. The van der Waals surface area contributed by atoms with Crippen LogP contribution in [0.15, 0.2) is 360 Å². The Bertz CT molecular complexity index is 7260. The molecule has 0 aliphatic rings. The first kappa shape index (κ1) is 103. The van der Waals surface area contributed by atoms with Crippen molar-refractivity contribution >= 4 is 121 Å². The quantitative estimate of drug-likeness (QED) is 0.0593. The fourth-order valence-corrected chi connectivity index (χ4v) is 25.7. The van der Waals surface area contributed by atoms with Gasteiger partial charge in [-0.05, 0) is 168 Å². The van der Waals surface area contributed by atoms with Gasteiger partial charge in [0.1, 0.15) is 35.4 Å². The van der Waals surface area contributed by atoms with Gasteiger partial charge in [0.2, 0.25) is 5.71 Å². The molecule has 699 valence electrons. The van der Waals surface area contributed by atoms with E-state index in [1.807, 2.05) is 191 Å². The third-order valence-corrected chi connectivity index (χ3v) is 35.2. The van der Waals surface area contributed by atoms with E-state index >= 15 is 0 Å². The molecule has 0 aliphatic carbocycles. The molecule has 0 amide bonds. The van der Waals surface area contributed by atoms with Gasteiger partial charge in [0.15, 0.2) is 0 Å². The van der Waals surface area contributed by atoms with Crippen LogP contribution < -0.4 is 31.1 Å². The maximum absolute atomic E-state index is 6.39. The number of para-hydroxylation sites is 1. The van der Waals surface area contributed by atoms with Crippen LogP contribution in [0.5, 0.6) is 0 Å². The summed E-state index contributed by atoms with van der Waals surface area (Å²) in [5.41, 5.74) is 23.2. The number of nitrogens with zero attached hydrogens (tertiary/aromatic N) is 9. The zero-order chi connectivity index (χ0) is 94.2. The SMILES string of the molecule is CC(C)Cc1cc(-c2[c-]ncc3c2oc2ccccc23)ncc1[Si](C)(C)c1ccccc1.Cc1cc2c(oc3c(-c4cc(CC(C)C)c([Si](C)(C)c5ccccc5)cn4)[c-]ccc32)c(C)n1.Cc1ccc2c(n1)oc1c(-c3cc(CC(C)C)c([Si](C)(C)c4ccccc4)cn3)[c-]ccc12.[Ir].[Ir].[Ir].[c-]1ccccc1-c1ccccn1.[c-]1ccccc1-c1ccccn1.[c-]1ccccc1-c1ccccn1. The molecule has 18 heteroatoms. The van der Waals surface area contributed by atoms with Crippen molar-refractivity contribution in [2.24, 2.45) is 17.8 Å². The molecule has 21 rings (SSSR count). The molecule has 0 fully saturated rings. The topological polar surface area (TPSA) is 155 Å². The molecule has 138 heavy (non-hydrogen) atoms. The van der Waals surface area contributed by atoms with Gasteiger partial charge in [0, 0.05) is 125 Å². The van der Waals surface area contributed by atoms with E-state index in [9.17, 15) is 0 Å². The van der Waals surface area contributed by atoms with E-state index in [1.54, 1.807) is 18.6 Å². The third kappa shape index (κ3) is 24.2. The van der Waals surface area contributed by atoms with E-state index in [0.717, 1.165) is 164 Å². The van der Waals surface area contributed by atoms with E-state index in [4.69, 9.17) is 28.2 Å². The number of rotatable bonds is 18. The standard InChI is InChI=1S/C30H31N2OSi.C29H29N2OSi.C28H27N2OSi.3C11H8N.3Ir/c1-19(2)15-22-17-27(31-18-28(22)34(5,6)23-11-8-7-9-12-23)25-14-10-13-24-26-16-20(3)32-21(4)29(26)33-30(24)25;1-19(2)16-21-17-26(30-18-27(21)33(4,5)22-10-7-6-8-11-22)25-13-9-12-23-24-15-14-20(3)31-29(24)32-28(23)25;1-19(2)14-20-15-25(30-18-27(20)32(3,4)21-10-6-5-7-11-21)24-17-29-16-23-22-12-8-9-13-26(22)31-28(23)24;3*1-2-6-10(7-3-1)11-8-4-5-9-12-11;;;/h7-13,16-19H,15H2,1-6H3;6-12,14-15,17-19H,16H2,1-5H3;5-13,15-16,18-19H,14H2,1-4H3;3*1-6,8-9H;;;/q6*-1;;;. The largest absolute Gasteiger partial charge is 0.500 e. The van der Waals surface area contributed by atoms with E-state index in [1.165, 1.54) is 47.8 Å². The summed E-state index contributed by atoms with van der Waals surface area (Å²) in [5.74, 6) is 1.66. The number of hydrogen-bond donors (Lipinski definition) is 0. The molecule has 21 aromatic rings. The van der Waals surface area contributed by atoms with Crippen molar-refractivity contribution in [2.45, 2.75) is 121 Å². The van der Waals surface area contributed by atoms with Crippen LogP contribution in [0.1, 0.15) is 75.3 Å². The molecule has 0 saturated carbocycles. The summed E-state index contributed by atoms with van der Waals surface area (Å²) < 4.78 is 18.8. The monoisotopic (exact) mass is 2390 g/mol. The third-order valence-electron chi connectivity index (χ3n) is 24.5. The number of aryl methyl sites for hydroxylation is 3. The smallest absolute Gasteiger partial charge is 0.216 e. The fourth-order valence-electron chi connectivity index (χ4n) is 17.6. The number of furan rings is 3. The minimum atomic E-state index is -1.89. The molecule has 9 aromatic carbocycles. The minimum Gasteiger partial charge on any atom is -0.500 e. The number of fused-ring (bicyclic) bond motifs is 9. The maximum atomic E-state index is 6.39. The van der Waals surface area contributed by atoms with Crippen molar-refractivity contribution in [2.75, 3.05) is 0 Å². The summed E-state index contributed by atoms with van der Waals surface area (Å²) in [6.07, 6.45) is 19.7. The van der Waals surface area contributed by atoms with Gasteiger partial charge in [0.25, 0.3) is 0 Å². The Balaban J connectivity index is 0.000000146. The van der Waals surface area contributed by atoms with Gasteiger partial charge in [0.05, 0.1) is 22.4 Å². The predicted molar refractivity (Wildman–Crippen MR) is 566 cm³/mol. The number of pyridine rings is 9. The van der Waals surface area contributed by atoms with Crippen LogP contribution in [0.25, 0.3) is 133 Å². The van der Waals surface area contributed by atoms with Crippen molar-refractivity contribution in [3.05, 3.63) is 417 Å². The van der Waals surface area contributed by atoms with Crippen LogP contribution in [-0.4, -0.2) is 69.1 Å². The molecule has 0 unspecified atom stereocenters. The van der Waals surface area contributed by atoms with Gasteiger partial charge in [-0.3, -0.25) is 4.98 Å². The average molecular weight is 2390 g/mol. The molecule has 0 aliphatic heterocycles. The summed E-state index contributed by atoms with van der Waals surface area (Å²) in [6.45, 7) is 34.2. The second-order valence-corrected chi connectivity index (χ2v) is 50.0. The molecular formula is C120H111Ir3N9O3Si3-6. The van der Waals surface area contributed by atoms with Crippen molar-refractivity contribution in [1.29, 1.82) is 0 Å². The van der Waals surface area contributed by atoms with E-state index in [-0.39, 0.29) is 60.3 Å². The zero-order valence-corrected chi connectivity index (χ0v) is 90.7. The van der Waals surface area contributed by atoms with E-state index < -0.39 is 24.2 Å². The van der Waals surface area contributed by atoms with Crippen LogP contribution in [-0.2, 0) is 79.6 Å². The van der Waals surface area contributed by atoms with Crippen LogP contribution >= 0.6 is 0 Å². The maximum Gasteiger partial charge on any atom is 0.216 e. The molecule has 12 aromatic heterocycles. The van der Waals surface area contributed by atoms with Gasteiger partial charge >= 0.3 is 0 Å². The van der Waals surface area contributed by atoms with Crippen LogP contribution in [0, 0.1) is 75.1 Å². The molecule has 12 nitrogen and oxygen atoms in total. The Labute approximate surface area is 855 Å². The first-order chi connectivity index (χ1) is 65.4. The second-order valence-electron chi connectivity index (χ2n) is 36.9. The Morgan fingerprint density at radius 3 is 1.08 bits per heavy atom. The fraction of sp³-hybridized carbons (Fsp3) is 0.175. The van der Waals surface area contributed by atoms with Crippen LogP contribution in [0.2, 0.25) is 39.3 Å². The van der Waals surface area contributed by atoms with Crippen LogP contribution in [0.4, 0.5) is 0 Å². The number of hydrogen-bond acceptors (Lipinski definition) is 12. The van der Waals surface area contributed by atoms with E-state index in [0.29, 0.717) is 23.5 Å². The van der Waals surface area contributed by atoms with Gasteiger partial charge in [-0.1, -0.05) is 304 Å². The average Bonchev–Trinajstić information content (AvgIpc) is 1.55. The minimum absolute atomic E-state index is 0. The number of benzene rings is 9. The summed E-state index contributed by atoms with van der Waals surface area (Å²) in [4.78, 5) is 41.1. The summed E-state index contributed by atoms with van der Waals surface area (Å²) in [5, 5.41) is 14.8. The first-order valence-electron chi connectivity index (χ1n) is 46.3. The van der Waals surface area contributed by atoms with E-state index in [2.05, 4.69) is 305 Å². The molecular weight excluding hydrogens is 2280 g/mol. The first-order valence-corrected chi connectivity index (χ1v) is 55.3. The molecule has 0 N–H and O–H groups in total. The zero-order valence-electron chi connectivity index (χ0n) is 80.5. The summed E-state index contributed by atoms with van der Waals surface area (Å²) in [6, 6.07) is 119. The predicted octanol–water partition coefficient (Wildman–Crippen LogP) is 26.2. The Hall–Kier alpha value is -12.7. The molecule has 0 saturated heterocycles. The van der Waals surface area contributed by atoms with Crippen molar-refractivity contribution in [3.8, 4) is 67.5 Å². The van der Waals surface area contributed by atoms with Crippen molar-refractivity contribution in [1.82, 2.24) is 44.9 Å². The van der Waals surface area contributed by atoms with Crippen molar-refractivity contribution in [3.63, 3.8) is 0 Å². The van der Waals surface area contributed by atoms with Gasteiger partial charge in [-0.15, -0.1) is 144 Å². The van der Waals surface area contributed by atoms with Gasteiger partial charge < -0.3 is 48.1 Å². The molecule has 0 atom stereocenters. The van der Waals surface area contributed by atoms with Gasteiger partial charge in [-0.25, -0.2) is 4.98 Å². The Kier molecular flexibility index (Phi) is 35.1.